The fourth-order valence-corrected chi connectivity index (χ4v) is 3.24. The van der Waals surface area contributed by atoms with E-state index in [1.54, 1.807) is 30.5 Å². The quantitative estimate of drug-likeness (QED) is 0.600. The van der Waals surface area contributed by atoms with Crippen LogP contribution in [-0.4, -0.2) is 28.0 Å². The van der Waals surface area contributed by atoms with Crippen molar-refractivity contribution in [2.75, 3.05) is 0 Å². The molecule has 8 heteroatoms. The summed E-state index contributed by atoms with van der Waals surface area (Å²) in [6.07, 6.45) is 5.21. The zero-order chi connectivity index (χ0) is 19.2. The van der Waals surface area contributed by atoms with Crippen LogP contribution in [0, 0.1) is 10.1 Å². The number of benzene rings is 1. The molecule has 7 nitrogen and oxygen atoms in total. The molecule has 0 spiro atoms. The summed E-state index contributed by atoms with van der Waals surface area (Å²) in [5.74, 6) is 0.484. The number of pyridine rings is 1. The first-order valence-electron chi connectivity index (χ1n) is 8.80. The summed E-state index contributed by atoms with van der Waals surface area (Å²) in [6, 6.07) is 9.66. The fraction of sp³-hybridized carbons (Fsp3) is 0.368. The molecule has 27 heavy (non-hydrogen) atoms. The molecule has 0 aliphatic heterocycles. The van der Waals surface area contributed by atoms with Crippen LogP contribution in [0.15, 0.2) is 42.6 Å². The number of carbonyl (C=O) groups excluding carboxylic acids is 1. The van der Waals surface area contributed by atoms with Gasteiger partial charge in [-0.05, 0) is 37.3 Å². The van der Waals surface area contributed by atoms with Gasteiger partial charge < -0.3 is 10.1 Å². The van der Waals surface area contributed by atoms with Crippen LogP contribution in [-0.2, 0) is 11.2 Å². The number of nitrogens with zero attached hydrogens (tertiary/aromatic N) is 2. The van der Waals surface area contributed by atoms with E-state index in [4.69, 9.17) is 16.3 Å². The molecule has 1 aromatic heterocycles. The van der Waals surface area contributed by atoms with Crippen molar-refractivity contribution in [1.82, 2.24) is 10.3 Å². The van der Waals surface area contributed by atoms with Crippen molar-refractivity contribution in [2.24, 2.45) is 0 Å². The van der Waals surface area contributed by atoms with Crippen LogP contribution < -0.4 is 10.1 Å². The van der Waals surface area contributed by atoms with Gasteiger partial charge in [-0.2, -0.15) is 0 Å². The Labute approximate surface area is 161 Å². The highest BCUT2D eigenvalue weighted by molar-refractivity contribution is 6.30. The molecule has 1 fully saturated rings. The number of nitrogens with one attached hydrogen (secondary N) is 1. The minimum Gasteiger partial charge on any atom is -0.474 e. The molecule has 0 radical (unpaired) electrons. The second-order valence-electron chi connectivity index (χ2n) is 6.57. The summed E-state index contributed by atoms with van der Waals surface area (Å²) < 4.78 is 5.85. The Hall–Kier alpha value is -2.67. The summed E-state index contributed by atoms with van der Waals surface area (Å²) in [6.45, 7) is 0. The number of carbonyl (C=O) groups is 1. The van der Waals surface area contributed by atoms with E-state index in [0.717, 1.165) is 31.2 Å². The standard InChI is InChI=1S/C19H20ClN3O4/c20-14-3-10-19(21-12-14)27-17-8-4-15(5-9-17)22-18(24)11-13-1-6-16(7-2-13)23(25)26/h1-3,6-7,10,12,15,17H,4-5,8-9,11H2,(H,22,24). The van der Waals surface area contributed by atoms with Crippen molar-refractivity contribution in [3.05, 3.63) is 63.3 Å². The third kappa shape index (κ3) is 5.65. The van der Waals surface area contributed by atoms with Gasteiger partial charge in [-0.1, -0.05) is 23.7 Å². The monoisotopic (exact) mass is 389 g/mol. The molecule has 1 aromatic carbocycles. The Kier molecular flexibility index (Phi) is 6.24. The van der Waals surface area contributed by atoms with Gasteiger partial charge in [-0.3, -0.25) is 14.9 Å². The highest BCUT2D eigenvalue weighted by Gasteiger charge is 2.24. The van der Waals surface area contributed by atoms with Gasteiger partial charge in [0, 0.05) is 30.4 Å². The van der Waals surface area contributed by atoms with Crippen LogP contribution in [0.25, 0.3) is 0 Å². The number of nitro groups is 1. The molecule has 1 heterocycles. The maximum Gasteiger partial charge on any atom is 0.269 e. The second-order valence-corrected chi connectivity index (χ2v) is 7.01. The Bertz CT molecular complexity index is 788. The molecule has 142 valence electrons. The van der Waals surface area contributed by atoms with E-state index in [-0.39, 0.29) is 30.2 Å². The molecule has 3 rings (SSSR count). The minimum atomic E-state index is -0.454. The van der Waals surface area contributed by atoms with E-state index in [0.29, 0.717) is 10.9 Å². The summed E-state index contributed by atoms with van der Waals surface area (Å²) in [5, 5.41) is 14.3. The van der Waals surface area contributed by atoms with Crippen molar-refractivity contribution in [1.29, 1.82) is 0 Å². The molecule has 1 aliphatic rings. The van der Waals surface area contributed by atoms with Crippen LogP contribution in [0.3, 0.4) is 0 Å². The highest BCUT2D eigenvalue weighted by atomic mass is 35.5. The van der Waals surface area contributed by atoms with E-state index in [2.05, 4.69) is 10.3 Å². The highest BCUT2D eigenvalue weighted by Crippen LogP contribution is 2.23. The van der Waals surface area contributed by atoms with Gasteiger partial charge in [-0.25, -0.2) is 4.98 Å². The third-order valence-corrected chi connectivity index (χ3v) is 4.76. The Balaban J connectivity index is 1.42. The number of non-ortho nitro benzene ring substituents is 1. The Morgan fingerprint density at radius 3 is 2.48 bits per heavy atom. The second kappa shape index (κ2) is 8.81. The number of rotatable bonds is 6. The number of amides is 1. The van der Waals surface area contributed by atoms with E-state index in [1.807, 2.05) is 0 Å². The molecule has 0 bridgehead atoms. The third-order valence-electron chi connectivity index (χ3n) is 4.54. The lowest BCUT2D eigenvalue weighted by Crippen LogP contribution is -2.40. The molecule has 2 aromatic rings. The van der Waals surface area contributed by atoms with Crippen LogP contribution in [0.5, 0.6) is 5.88 Å². The van der Waals surface area contributed by atoms with Crippen LogP contribution in [0.4, 0.5) is 5.69 Å². The van der Waals surface area contributed by atoms with E-state index in [1.165, 1.54) is 12.1 Å². The summed E-state index contributed by atoms with van der Waals surface area (Å²) in [4.78, 5) is 26.5. The molecular formula is C19H20ClN3O4. The first-order valence-corrected chi connectivity index (χ1v) is 9.18. The van der Waals surface area contributed by atoms with E-state index in [9.17, 15) is 14.9 Å². The van der Waals surface area contributed by atoms with Crippen molar-refractivity contribution < 1.29 is 14.5 Å². The van der Waals surface area contributed by atoms with Crippen molar-refractivity contribution in [3.63, 3.8) is 0 Å². The maximum absolute atomic E-state index is 12.2. The Morgan fingerprint density at radius 2 is 1.89 bits per heavy atom. The average molecular weight is 390 g/mol. The first-order chi connectivity index (χ1) is 13.0. The summed E-state index contributed by atoms with van der Waals surface area (Å²) in [7, 11) is 0. The molecular weight excluding hydrogens is 370 g/mol. The van der Waals surface area contributed by atoms with Crippen molar-refractivity contribution in [3.8, 4) is 5.88 Å². The topological polar surface area (TPSA) is 94.4 Å². The van der Waals surface area contributed by atoms with Crippen LogP contribution in [0.1, 0.15) is 31.2 Å². The molecule has 0 saturated heterocycles. The number of hydrogen-bond acceptors (Lipinski definition) is 5. The van der Waals surface area contributed by atoms with Crippen LogP contribution >= 0.6 is 11.6 Å². The van der Waals surface area contributed by atoms with Crippen LogP contribution in [0.2, 0.25) is 5.02 Å². The average Bonchev–Trinajstić information content (AvgIpc) is 2.65. The zero-order valence-electron chi connectivity index (χ0n) is 14.6. The summed E-state index contributed by atoms with van der Waals surface area (Å²) in [5.41, 5.74) is 0.775. The predicted molar refractivity (Wildman–Crippen MR) is 101 cm³/mol. The zero-order valence-corrected chi connectivity index (χ0v) is 15.4. The van der Waals surface area contributed by atoms with Gasteiger partial charge in [0.2, 0.25) is 11.8 Å². The molecule has 1 aliphatic carbocycles. The van der Waals surface area contributed by atoms with Crippen molar-refractivity contribution in [2.45, 2.75) is 44.2 Å². The van der Waals surface area contributed by atoms with Gasteiger partial charge in [-0.15, -0.1) is 0 Å². The van der Waals surface area contributed by atoms with E-state index >= 15 is 0 Å². The van der Waals surface area contributed by atoms with Gasteiger partial charge in [0.1, 0.15) is 6.10 Å². The van der Waals surface area contributed by atoms with Gasteiger partial charge in [0.05, 0.1) is 16.4 Å². The molecule has 1 N–H and O–H groups in total. The minimum absolute atomic E-state index is 0.0210. The number of hydrogen-bond donors (Lipinski definition) is 1. The van der Waals surface area contributed by atoms with E-state index < -0.39 is 4.92 Å². The lowest BCUT2D eigenvalue weighted by molar-refractivity contribution is -0.384. The lowest BCUT2D eigenvalue weighted by atomic mass is 9.92. The molecule has 0 atom stereocenters. The SMILES string of the molecule is O=C(Cc1ccc([N+](=O)[O-])cc1)NC1CCC(Oc2ccc(Cl)cn2)CC1. The normalized spacial score (nSPS) is 19.3. The van der Waals surface area contributed by atoms with Gasteiger partial charge >= 0.3 is 0 Å². The van der Waals surface area contributed by atoms with Crippen molar-refractivity contribution >= 4 is 23.2 Å². The fourth-order valence-electron chi connectivity index (χ4n) is 3.13. The predicted octanol–water partition coefficient (Wildman–Crippen LogP) is 3.69. The lowest BCUT2D eigenvalue weighted by Gasteiger charge is -2.29. The Morgan fingerprint density at radius 1 is 1.19 bits per heavy atom. The molecule has 1 saturated carbocycles. The number of nitro benzene ring substituents is 1. The maximum atomic E-state index is 12.2. The number of aromatic nitrogens is 1. The molecule has 0 unspecified atom stereocenters. The number of ether oxygens (including phenoxy) is 1. The number of halogens is 1. The summed E-state index contributed by atoms with van der Waals surface area (Å²) >= 11 is 5.81. The van der Waals surface area contributed by atoms with Gasteiger partial charge in [0.25, 0.3) is 5.69 Å². The van der Waals surface area contributed by atoms with Gasteiger partial charge in [0.15, 0.2) is 0 Å². The largest absolute Gasteiger partial charge is 0.474 e. The molecule has 1 amide bonds. The first kappa shape index (κ1) is 19.1. The smallest absolute Gasteiger partial charge is 0.269 e.